The number of nitrogens with one attached hydrogen (secondary N) is 1. The Labute approximate surface area is 197 Å². The number of hydrogen-bond acceptors (Lipinski definition) is 5. The number of benzene rings is 2. The van der Waals surface area contributed by atoms with E-state index in [1.807, 2.05) is 11.4 Å². The predicted molar refractivity (Wildman–Crippen MR) is 127 cm³/mol. The van der Waals surface area contributed by atoms with E-state index in [0.29, 0.717) is 29.4 Å². The molecule has 0 spiro atoms. The molecule has 1 saturated heterocycles. The van der Waals surface area contributed by atoms with Gasteiger partial charge in [-0.3, -0.25) is 14.6 Å². The van der Waals surface area contributed by atoms with Crippen molar-refractivity contribution in [3.63, 3.8) is 0 Å². The molecule has 1 fully saturated rings. The third-order valence-electron chi connectivity index (χ3n) is 5.39. The molecule has 2 aromatic carbocycles. The molecule has 5 rings (SSSR count). The van der Waals surface area contributed by atoms with E-state index in [1.165, 1.54) is 23.5 Å². The van der Waals surface area contributed by atoms with Gasteiger partial charge in [0.1, 0.15) is 11.7 Å². The molecule has 0 aliphatic carbocycles. The Morgan fingerprint density at radius 2 is 1.97 bits per heavy atom. The van der Waals surface area contributed by atoms with Gasteiger partial charge in [-0.05, 0) is 54.3 Å². The first kappa shape index (κ1) is 21.4. The number of anilines is 2. The van der Waals surface area contributed by atoms with Crippen LogP contribution in [0.15, 0.2) is 66.2 Å². The molecule has 2 aromatic heterocycles. The highest BCUT2D eigenvalue weighted by Gasteiger charge is 2.37. The minimum atomic E-state index is -0.844. The molecular weight excluding hydrogens is 465 g/mol. The number of amides is 2. The molecule has 1 N–H and O–H groups in total. The van der Waals surface area contributed by atoms with Crippen LogP contribution in [0.1, 0.15) is 6.42 Å². The first-order chi connectivity index (χ1) is 16.0. The van der Waals surface area contributed by atoms with Crippen LogP contribution in [0.25, 0.3) is 10.2 Å². The third kappa shape index (κ3) is 4.27. The van der Waals surface area contributed by atoms with Crippen LogP contribution in [0.3, 0.4) is 0 Å². The van der Waals surface area contributed by atoms with E-state index in [4.69, 9.17) is 16.3 Å². The smallest absolute Gasteiger partial charge is 0.239 e. The SMILES string of the molecule is O=C(Nc1ccc(Oc2ccnc3ccsc23)c(F)c1)C1CCN(c2ccc(Cl)cc2)C1=O. The van der Waals surface area contributed by atoms with Crippen LogP contribution in [-0.2, 0) is 9.59 Å². The minimum Gasteiger partial charge on any atom is -0.453 e. The van der Waals surface area contributed by atoms with Crippen molar-refractivity contribution >= 4 is 56.3 Å². The van der Waals surface area contributed by atoms with Gasteiger partial charge in [0.15, 0.2) is 11.6 Å². The van der Waals surface area contributed by atoms with E-state index < -0.39 is 17.6 Å². The predicted octanol–water partition coefficient (Wildman–Crippen LogP) is 5.87. The normalized spacial score (nSPS) is 15.8. The van der Waals surface area contributed by atoms with Gasteiger partial charge in [-0.2, -0.15) is 0 Å². The molecule has 1 unspecified atom stereocenters. The van der Waals surface area contributed by atoms with Crippen molar-refractivity contribution in [2.24, 2.45) is 5.92 Å². The Morgan fingerprint density at radius 1 is 1.15 bits per heavy atom. The van der Waals surface area contributed by atoms with Crippen LogP contribution >= 0.6 is 22.9 Å². The summed E-state index contributed by atoms with van der Waals surface area (Å²) in [5.74, 6) is -1.71. The first-order valence-corrected chi connectivity index (χ1v) is 11.4. The van der Waals surface area contributed by atoms with Crippen LogP contribution in [0.4, 0.5) is 15.8 Å². The average molecular weight is 482 g/mol. The van der Waals surface area contributed by atoms with Crippen molar-refractivity contribution in [3.8, 4) is 11.5 Å². The molecule has 1 aliphatic heterocycles. The van der Waals surface area contributed by atoms with Crippen LogP contribution < -0.4 is 15.0 Å². The number of aromatic nitrogens is 1. The highest BCUT2D eigenvalue weighted by Crippen LogP contribution is 2.34. The lowest BCUT2D eigenvalue weighted by molar-refractivity contribution is -0.129. The molecule has 4 aromatic rings. The van der Waals surface area contributed by atoms with E-state index in [0.717, 1.165) is 10.2 Å². The first-order valence-electron chi connectivity index (χ1n) is 10.2. The summed E-state index contributed by atoms with van der Waals surface area (Å²) in [6.07, 6.45) is 1.97. The number of rotatable bonds is 5. The topological polar surface area (TPSA) is 71.5 Å². The van der Waals surface area contributed by atoms with E-state index in [1.54, 1.807) is 47.5 Å². The molecule has 0 saturated carbocycles. The van der Waals surface area contributed by atoms with Gasteiger partial charge < -0.3 is 15.0 Å². The second kappa shape index (κ2) is 8.80. The molecule has 0 bridgehead atoms. The monoisotopic (exact) mass is 481 g/mol. The number of nitrogens with zero attached hydrogens (tertiary/aromatic N) is 2. The van der Waals surface area contributed by atoms with Gasteiger partial charge in [-0.15, -0.1) is 11.3 Å². The molecule has 9 heteroatoms. The maximum absolute atomic E-state index is 14.7. The van der Waals surface area contributed by atoms with Crippen molar-refractivity contribution in [2.75, 3.05) is 16.8 Å². The molecular formula is C24H17ClFN3O3S. The zero-order chi connectivity index (χ0) is 22.9. The van der Waals surface area contributed by atoms with Gasteiger partial charge in [-0.25, -0.2) is 4.39 Å². The number of pyridine rings is 1. The summed E-state index contributed by atoms with van der Waals surface area (Å²) >= 11 is 7.36. The quantitative estimate of drug-likeness (QED) is 0.362. The van der Waals surface area contributed by atoms with Gasteiger partial charge in [0.2, 0.25) is 11.8 Å². The fraction of sp³-hybridized carbons (Fsp3) is 0.125. The third-order valence-corrected chi connectivity index (χ3v) is 6.56. The Balaban J connectivity index is 1.27. The van der Waals surface area contributed by atoms with Crippen LogP contribution in [-0.4, -0.2) is 23.3 Å². The van der Waals surface area contributed by atoms with Crippen LogP contribution in [0.2, 0.25) is 5.02 Å². The molecule has 6 nitrogen and oxygen atoms in total. The highest BCUT2D eigenvalue weighted by atomic mass is 35.5. The van der Waals surface area contributed by atoms with E-state index >= 15 is 0 Å². The Kier molecular flexibility index (Phi) is 5.70. The van der Waals surface area contributed by atoms with Crippen molar-refractivity contribution in [1.29, 1.82) is 0 Å². The largest absolute Gasteiger partial charge is 0.453 e. The summed E-state index contributed by atoms with van der Waals surface area (Å²) in [5, 5.41) is 5.10. The molecule has 2 amide bonds. The summed E-state index contributed by atoms with van der Waals surface area (Å²) < 4.78 is 21.3. The fourth-order valence-electron chi connectivity index (χ4n) is 3.74. The number of hydrogen-bond donors (Lipinski definition) is 1. The van der Waals surface area contributed by atoms with Gasteiger partial charge in [-0.1, -0.05) is 11.6 Å². The van der Waals surface area contributed by atoms with Crippen molar-refractivity contribution in [2.45, 2.75) is 6.42 Å². The van der Waals surface area contributed by atoms with E-state index in [-0.39, 0.29) is 17.3 Å². The van der Waals surface area contributed by atoms with Gasteiger partial charge >= 0.3 is 0 Å². The fourth-order valence-corrected chi connectivity index (χ4v) is 4.67. The molecule has 33 heavy (non-hydrogen) atoms. The number of fused-ring (bicyclic) bond motifs is 1. The molecule has 166 valence electrons. The number of halogens is 2. The maximum Gasteiger partial charge on any atom is 0.239 e. The van der Waals surface area contributed by atoms with Crippen LogP contribution in [0.5, 0.6) is 11.5 Å². The lowest BCUT2D eigenvalue weighted by atomic mass is 10.1. The average Bonchev–Trinajstić information content (AvgIpc) is 3.43. The van der Waals surface area contributed by atoms with E-state index in [9.17, 15) is 14.0 Å². The number of thiophene rings is 1. The summed E-state index contributed by atoms with van der Waals surface area (Å²) in [6, 6.07) is 14.6. The van der Waals surface area contributed by atoms with Gasteiger partial charge in [0.05, 0.1) is 10.2 Å². The van der Waals surface area contributed by atoms with Gasteiger partial charge in [0.25, 0.3) is 0 Å². The molecule has 1 aliphatic rings. The number of carbonyl (C=O) groups excluding carboxylic acids is 2. The van der Waals surface area contributed by atoms with Crippen molar-refractivity contribution in [3.05, 3.63) is 77.0 Å². The summed E-state index contributed by atoms with van der Waals surface area (Å²) in [6.45, 7) is 0.419. The van der Waals surface area contributed by atoms with Crippen molar-refractivity contribution in [1.82, 2.24) is 4.98 Å². The molecule has 1 atom stereocenters. The molecule has 3 heterocycles. The molecule has 0 radical (unpaired) electrons. The summed E-state index contributed by atoms with van der Waals surface area (Å²) in [4.78, 5) is 31.3. The summed E-state index contributed by atoms with van der Waals surface area (Å²) in [5.41, 5.74) is 1.71. The summed E-state index contributed by atoms with van der Waals surface area (Å²) in [7, 11) is 0. The van der Waals surface area contributed by atoms with Crippen LogP contribution in [0, 0.1) is 11.7 Å². The Morgan fingerprint density at radius 3 is 2.76 bits per heavy atom. The van der Waals surface area contributed by atoms with E-state index in [2.05, 4.69) is 10.3 Å². The second-order valence-electron chi connectivity index (χ2n) is 7.49. The standard InChI is InChI=1S/C24H17ClFN3O3S/c25-14-1-4-16(5-2-14)29-11-8-17(24(29)31)23(30)28-15-3-6-20(18(26)13-15)32-21-7-10-27-19-9-12-33-22(19)21/h1-7,9-10,12-13,17H,8,11H2,(H,28,30). The lowest BCUT2D eigenvalue weighted by Crippen LogP contribution is -2.33. The van der Waals surface area contributed by atoms with Crippen molar-refractivity contribution < 1.29 is 18.7 Å². The Bertz CT molecular complexity index is 1360. The number of ether oxygens (including phenoxy) is 1. The zero-order valence-electron chi connectivity index (χ0n) is 17.1. The van der Waals surface area contributed by atoms with Gasteiger partial charge in [0, 0.05) is 41.3 Å². The highest BCUT2D eigenvalue weighted by molar-refractivity contribution is 7.17. The second-order valence-corrected chi connectivity index (χ2v) is 8.84. The zero-order valence-corrected chi connectivity index (χ0v) is 18.7. The Hall–Kier alpha value is -3.49. The maximum atomic E-state index is 14.7. The lowest BCUT2D eigenvalue weighted by Gasteiger charge is -2.17. The minimum absolute atomic E-state index is 0.0276. The number of carbonyl (C=O) groups is 2.